The second kappa shape index (κ2) is 6.08. The van der Waals surface area contributed by atoms with Crippen LogP contribution < -0.4 is 0 Å². The van der Waals surface area contributed by atoms with Crippen molar-refractivity contribution in [1.82, 2.24) is 4.90 Å². The molecule has 1 aliphatic rings. The number of benzene rings is 1. The zero-order valence-corrected chi connectivity index (χ0v) is 11.5. The lowest BCUT2D eigenvalue weighted by Gasteiger charge is -2.19. The lowest BCUT2D eigenvalue weighted by atomic mass is 10.1. The van der Waals surface area contributed by atoms with Crippen LogP contribution in [-0.4, -0.2) is 27.4 Å². The Balaban J connectivity index is 2.17. The molecule has 6 heteroatoms. The number of para-hydroxylation sites is 1. The van der Waals surface area contributed by atoms with E-state index in [1.165, 1.54) is 11.0 Å². The van der Waals surface area contributed by atoms with Gasteiger partial charge in [-0.2, -0.15) is 0 Å². The number of nitrogens with zero attached hydrogens (tertiary/aromatic N) is 2. The maximum Gasteiger partial charge on any atom is 0.274 e. The van der Waals surface area contributed by atoms with E-state index >= 15 is 0 Å². The summed E-state index contributed by atoms with van der Waals surface area (Å²) in [5.41, 5.74) is 1.99. The van der Waals surface area contributed by atoms with Gasteiger partial charge in [0.2, 0.25) is 0 Å². The molecule has 0 aliphatic carbocycles. The van der Waals surface area contributed by atoms with Crippen LogP contribution in [0.15, 0.2) is 34.9 Å². The molecule has 0 aromatic heterocycles. The van der Waals surface area contributed by atoms with Crippen molar-refractivity contribution in [3.63, 3.8) is 0 Å². The Morgan fingerprint density at radius 2 is 2.21 bits per heavy atom. The zero-order chi connectivity index (χ0) is 13.8. The number of nitro benzene ring substituents is 1. The van der Waals surface area contributed by atoms with Crippen molar-refractivity contribution >= 4 is 17.4 Å². The third-order valence-corrected chi connectivity index (χ3v) is 4.45. The summed E-state index contributed by atoms with van der Waals surface area (Å²) in [4.78, 5) is 13.9. The number of allylic oxidation sites excluding steroid dienone is 1. The highest BCUT2D eigenvalue weighted by molar-refractivity contribution is 8.03. The minimum atomic E-state index is -0.341. The first-order chi connectivity index (χ1) is 9.13. The quantitative estimate of drug-likeness (QED) is 0.663. The van der Waals surface area contributed by atoms with Crippen molar-refractivity contribution in [2.45, 2.75) is 19.9 Å². The maximum absolute atomic E-state index is 11.0. The lowest BCUT2D eigenvalue weighted by Crippen LogP contribution is -2.17. The second-order valence-corrected chi connectivity index (χ2v) is 5.38. The molecule has 0 saturated heterocycles. The van der Waals surface area contributed by atoms with E-state index in [1.54, 1.807) is 23.9 Å². The highest BCUT2D eigenvalue weighted by atomic mass is 32.2. The standard InChI is InChI=1S/C13H16N2O3S/c1-10-13(6-7-16)19-9-14(10)8-11-4-2-3-5-12(11)15(17)18/h2-5,16H,6-9H2,1H3. The Kier molecular flexibility index (Phi) is 4.44. The molecule has 2 rings (SSSR count). The van der Waals surface area contributed by atoms with Crippen LogP contribution in [-0.2, 0) is 6.54 Å². The van der Waals surface area contributed by atoms with Crippen LogP contribution >= 0.6 is 11.8 Å². The summed E-state index contributed by atoms with van der Waals surface area (Å²) in [7, 11) is 0. The highest BCUT2D eigenvalue weighted by Gasteiger charge is 2.22. The molecule has 1 aromatic rings. The minimum Gasteiger partial charge on any atom is -0.396 e. The van der Waals surface area contributed by atoms with Crippen LogP contribution in [0.2, 0.25) is 0 Å². The van der Waals surface area contributed by atoms with E-state index in [1.807, 2.05) is 13.0 Å². The highest BCUT2D eigenvalue weighted by Crippen LogP contribution is 2.35. The summed E-state index contributed by atoms with van der Waals surface area (Å²) in [6.07, 6.45) is 0.657. The molecule has 0 atom stereocenters. The molecule has 0 amide bonds. The molecule has 0 unspecified atom stereocenters. The zero-order valence-electron chi connectivity index (χ0n) is 10.7. The van der Waals surface area contributed by atoms with Crippen molar-refractivity contribution in [3.05, 3.63) is 50.5 Å². The number of aliphatic hydroxyl groups excluding tert-OH is 1. The fraction of sp³-hybridized carbons (Fsp3) is 0.385. The molecule has 0 spiro atoms. The number of hydrogen-bond acceptors (Lipinski definition) is 5. The fourth-order valence-electron chi connectivity index (χ4n) is 2.08. The molecule has 19 heavy (non-hydrogen) atoms. The summed E-state index contributed by atoms with van der Waals surface area (Å²) >= 11 is 1.69. The van der Waals surface area contributed by atoms with Crippen LogP contribution in [0.5, 0.6) is 0 Å². The third kappa shape index (κ3) is 3.08. The summed E-state index contributed by atoms with van der Waals surface area (Å²) in [5, 5.41) is 20.0. The first-order valence-electron chi connectivity index (χ1n) is 6.04. The van der Waals surface area contributed by atoms with Crippen LogP contribution in [0.1, 0.15) is 18.9 Å². The van der Waals surface area contributed by atoms with Crippen molar-refractivity contribution in [2.75, 3.05) is 12.5 Å². The molecule has 102 valence electrons. The molecular weight excluding hydrogens is 264 g/mol. The molecule has 1 heterocycles. The SMILES string of the molecule is CC1=C(CCO)SCN1Cc1ccccc1[N+](=O)[O-]. The van der Waals surface area contributed by atoms with Gasteiger partial charge in [0.15, 0.2) is 0 Å². The molecule has 0 saturated carbocycles. The lowest BCUT2D eigenvalue weighted by molar-refractivity contribution is -0.385. The normalized spacial score (nSPS) is 15.2. The van der Waals surface area contributed by atoms with Crippen LogP contribution in [0.3, 0.4) is 0 Å². The number of rotatable bonds is 5. The van der Waals surface area contributed by atoms with E-state index in [4.69, 9.17) is 5.11 Å². The molecule has 5 nitrogen and oxygen atoms in total. The van der Waals surface area contributed by atoms with E-state index in [9.17, 15) is 10.1 Å². The summed E-state index contributed by atoms with van der Waals surface area (Å²) in [6.45, 7) is 2.67. The van der Waals surface area contributed by atoms with Gasteiger partial charge in [-0.1, -0.05) is 18.2 Å². The minimum absolute atomic E-state index is 0.138. The maximum atomic E-state index is 11.0. The monoisotopic (exact) mass is 280 g/mol. The molecule has 1 aromatic carbocycles. The van der Waals surface area contributed by atoms with E-state index in [2.05, 4.69) is 4.90 Å². The molecule has 0 fully saturated rings. The number of thioether (sulfide) groups is 1. The second-order valence-electron chi connectivity index (χ2n) is 4.34. The Morgan fingerprint density at radius 3 is 2.89 bits per heavy atom. The van der Waals surface area contributed by atoms with Gasteiger partial charge in [-0.3, -0.25) is 10.1 Å². The van der Waals surface area contributed by atoms with Crippen molar-refractivity contribution in [2.24, 2.45) is 0 Å². The van der Waals surface area contributed by atoms with Crippen LogP contribution in [0.4, 0.5) is 5.69 Å². The smallest absolute Gasteiger partial charge is 0.274 e. The molecule has 0 bridgehead atoms. The van der Waals surface area contributed by atoms with Gasteiger partial charge < -0.3 is 10.0 Å². The van der Waals surface area contributed by atoms with E-state index < -0.39 is 0 Å². The van der Waals surface area contributed by atoms with Gasteiger partial charge in [-0.15, -0.1) is 11.8 Å². The van der Waals surface area contributed by atoms with Crippen LogP contribution in [0.25, 0.3) is 0 Å². The van der Waals surface area contributed by atoms with Gasteiger partial charge in [0.05, 0.1) is 17.3 Å². The fourth-order valence-corrected chi connectivity index (χ4v) is 3.25. The average molecular weight is 280 g/mol. The Bertz CT molecular complexity index is 516. The van der Waals surface area contributed by atoms with E-state index in [0.29, 0.717) is 13.0 Å². The Hall–Kier alpha value is -1.53. The third-order valence-electron chi connectivity index (χ3n) is 3.16. The summed E-state index contributed by atoms with van der Waals surface area (Å²) in [6, 6.07) is 6.83. The number of aliphatic hydroxyl groups is 1. The van der Waals surface area contributed by atoms with E-state index in [0.717, 1.165) is 17.1 Å². The van der Waals surface area contributed by atoms with Gasteiger partial charge in [0.1, 0.15) is 0 Å². The van der Waals surface area contributed by atoms with Gasteiger partial charge in [0.25, 0.3) is 5.69 Å². The van der Waals surface area contributed by atoms with Crippen molar-refractivity contribution in [3.8, 4) is 0 Å². The van der Waals surface area contributed by atoms with Crippen molar-refractivity contribution < 1.29 is 10.0 Å². The van der Waals surface area contributed by atoms with Crippen molar-refractivity contribution in [1.29, 1.82) is 0 Å². The summed E-state index contributed by atoms with van der Waals surface area (Å²) in [5.74, 6) is 0.785. The number of nitro groups is 1. The largest absolute Gasteiger partial charge is 0.396 e. The van der Waals surface area contributed by atoms with Gasteiger partial charge >= 0.3 is 0 Å². The van der Waals surface area contributed by atoms with Gasteiger partial charge in [-0.25, -0.2) is 0 Å². The average Bonchev–Trinajstić information content (AvgIpc) is 2.73. The predicted molar refractivity (Wildman–Crippen MR) is 75.5 cm³/mol. The number of hydrogen-bond donors (Lipinski definition) is 1. The summed E-state index contributed by atoms with van der Waals surface area (Å²) < 4.78 is 0. The predicted octanol–water partition coefficient (Wildman–Crippen LogP) is 2.72. The molecule has 1 aliphatic heterocycles. The molecule has 0 radical (unpaired) electrons. The first-order valence-corrected chi connectivity index (χ1v) is 7.02. The topological polar surface area (TPSA) is 66.6 Å². The van der Waals surface area contributed by atoms with E-state index in [-0.39, 0.29) is 17.2 Å². The Morgan fingerprint density at radius 1 is 1.47 bits per heavy atom. The molecular formula is C13H16N2O3S. The van der Waals surface area contributed by atoms with Crippen LogP contribution in [0, 0.1) is 10.1 Å². The van der Waals surface area contributed by atoms with Gasteiger partial charge in [0, 0.05) is 35.3 Å². The first kappa shape index (κ1) is 13.9. The Labute approximate surface area is 116 Å². The molecule has 1 N–H and O–H groups in total. The van der Waals surface area contributed by atoms with Gasteiger partial charge in [-0.05, 0) is 6.92 Å².